The lowest BCUT2D eigenvalue weighted by Gasteiger charge is -2.33. The minimum Gasteiger partial charge on any atom is -0.313 e. The zero-order valence-electron chi connectivity index (χ0n) is 12.5. The van der Waals surface area contributed by atoms with Gasteiger partial charge < -0.3 is 10.2 Å². The Bertz CT molecular complexity index is 402. The summed E-state index contributed by atoms with van der Waals surface area (Å²) in [7, 11) is 0. The molecule has 1 atom stereocenters. The van der Waals surface area contributed by atoms with Crippen LogP contribution < -0.4 is 5.32 Å². The number of piperidine rings is 1. The van der Waals surface area contributed by atoms with Crippen molar-refractivity contribution in [1.29, 1.82) is 0 Å². The number of carbonyl (C=O) groups is 1. The Morgan fingerprint density at radius 2 is 2.10 bits per heavy atom. The summed E-state index contributed by atoms with van der Waals surface area (Å²) in [6.45, 7) is 6.76. The minimum absolute atomic E-state index is 0.743. The first kappa shape index (κ1) is 15.2. The van der Waals surface area contributed by atoms with Crippen molar-refractivity contribution < 1.29 is 4.79 Å². The molecule has 20 heavy (non-hydrogen) atoms. The molecule has 1 aliphatic heterocycles. The third-order valence-electron chi connectivity index (χ3n) is 4.18. The molecule has 0 aromatic heterocycles. The summed E-state index contributed by atoms with van der Waals surface area (Å²) in [6.07, 6.45) is 6.21. The first-order chi connectivity index (χ1) is 9.79. The van der Waals surface area contributed by atoms with Crippen LogP contribution in [0.5, 0.6) is 0 Å². The molecule has 0 saturated carbocycles. The molecule has 1 saturated heterocycles. The first-order valence-corrected chi connectivity index (χ1v) is 7.78. The molecule has 0 unspecified atom stereocenters. The highest BCUT2D eigenvalue weighted by Crippen LogP contribution is 2.16. The minimum atomic E-state index is 0.743. The number of nitrogens with zero attached hydrogens (tertiary/aromatic N) is 1. The van der Waals surface area contributed by atoms with Crippen molar-refractivity contribution in [3.63, 3.8) is 0 Å². The molecule has 3 nitrogen and oxygen atoms in total. The van der Waals surface area contributed by atoms with Gasteiger partial charge in [-0.3, -0.25) is 4.79 Å². The van der Waals surface area contributed by atoms with Crippen molar-refractivity contribution in [2.24, 2.45) is 0 Å². The SMILES string of the molecule is C[C@H]1CCCCN1CCCNCc1ccc(C=O)cc1. The molecular weight excluding hydrogens is 248 g/mol. The molecule has 1 N–H and O–H groups in total. The van der Waals surface area contributed by atoms with Gasteiger partial charge in [-0.15, -0.1) is 0 Å². The van der Waals surface area contributed by atoms with Crippen molar-refractivity contribution >= 4 is 6.29 Å². The van der Waals surface area contributed by atoms with Crippen molar-refractivity contribution in [2.75, 3.05) is 19.6 Å². The number of hydrogen-bond acceptors (Lipinski definition) is 3. The van der Waals surface area contributed by atoms with Gasteiger partial charge in [0.05, 0.1) is 0 Å². The Labute approximate surface area is 122 Å². The Balaban J connectivity index is 1.60. The van der Waals surface area contributed by atoms with Crippen LogP contribution in [-0.2, 0) is 6.54 Å². The zero-order valence-corrected chi connectivity index (χ0v) is 12.5. The van der Waals surface area contributed by atoms with Gasteiger partial charge in [0, 0.05) is 18.2 Å². The van der Waals surface area contributed by atoms with Crippen LogP contribution >= 0.6 is 0 Å². The molecule has 0 aliphatic carbocycles. The fourth-order valence-electron chi connectivity index (χ4n) is 2.84. The number of carbonyl (C=O) groups excluding carboxylic acids is 1. The van der Waals surface area contributed by atoms with Gasteiger partial charge in [-0.05, 0) is 51.4 Å². The molecule has 1 fully saturated rings. The summed E-state index contributed by atoms with van der Waals surface area (Å²) in [5.41, 5.74) is 1.98. The van der Waals surface area contributed by atoms with Crippen molar-refractivity contribution in [3.05, 3.63) is 35.4 Å². The second kappa shape index (κ2) is 8.18. The monoisotopic (exact) mass is 274 g/mol. The van der Waals surface area contributed by atoms with Crippen LogP contribution in [-0.4, -0.2) is 36.9 Å². The summed E-state index contributed by atoms with van der Waals surface area (Å²) in [5.74, 6) is 0. The Hall–Kier alpha value is -1.19. The topological polar surface area (TPSA) is 32.3 Å². The molecule has 0 bridgehead atoms. The first-order valence-electron chi connectivity index (χ1n) is 7.78. The molecule has 0 spiro atoms. The van der Waals surface area contributed by atoms with Gasteiger partial charge >= 0.3 is 0 Å². The molecule has 3 heteroatoms. The van der Waals surface area contributed by atoms with Gasteiger partial charge in [0.1, 0.15) is 6.29 Å². The van der Waals surface area contributed by atoms with Gasteiger partial charge in [-0.1, -0.05) is 30.7 Å². The quantitative estimate of drug-likeness (QED) is 0.613. The second-order valence-electron chi connectivity index (χ2n) is 5.77. The van der Waals surface area contributed by atoms with E-state index in [-0.39, 0.29) is 0 Å². The predicted octanol–water partition coefficient (Wildman–Crippen LogP) is 2.85. The van der Waals surface area contributed by atoms with E-state index in [1.807, 2.05) is 24.3 Å². The van der Waals surface area contributed by atoms with E-state index >= 15 is 0 Å². The zero-order chi connectivity index (χ0) is 14.2. The van der Waals surface area contributed by atoms with Crippen molar-refractivity contribution in [1.82, 2.24) is 10.2 Å². The highest BCUT2D eigenvalue weighted by atomic mass is 16.1. The maximum Gasteiger partial charge on any atom is 0.150 e. The largest absolute Gasteiger partial charge is 0.313 e. The molecule has 1 aromatic carbocycles. The summed E-state index contributed by atoms with van der Waals surface area (Å²) < 4.78 is 0. The molecule has 2 rings (SSSR count). The summed E-state index contributed by atoms with van der Waals surface area (Å²) in [6, 6.07) is 8.55. The van der Waals surface area contributed by atoms with Crippen LogP contribution in [0.2, 0.25) is 0 Å². The average Bonchev–Trinajstić information content (AvgIpc) is 2.49. The van der Waals surface area contributed by atoms with Gasteiger partial charge in [-0.2, -0.15) is 0 Å². The lowest BCUT2D eigenvalue weighted by atomic mass is 10.0. The van der Waals surface area contributed by atoms with Crippen LogP contribution in [0.25, 0.3) is 0 Å². The number of rotatable bonds is 7. The van der Waals surface area contributed by atoms with Crippen LogP contribution in [0.4, 0.5) is 0 Å². The Kier molecular flexibility index (Phi) is 6.22. The second-order valence-corrected chi connectivity index (χ2v) is 5.77. The summed E-state index contributed by atoms with van der Waals surface area (Å²) in [4.78, 5) is 13.2. The van der Waals surface area contributed by atoms with E-state index in [1.165, 1.54) is 44.3 Å². The molecule has 0 radical (unpaired) electrons. The van der Waals surface area contributed by atoms with Gasteiger partial charge in [0.2, 0.25) is 0 Å². The van der Waals surface area contributed by atoms with Crippen LogP contribution in [0, 0.1) is 0 Å². The fraction of sp³-hybridized carbons (Fsp3) is 0.588. The number of benzene rings is 1. The van der Waals surface area contributed by atoms with Crippen LogP contribution in [0.1, 0.15) is 48.5 Å². The maximum absolute atomic E-state index is 10.6. The summed E-state index contributed by atoms with van der Waals surface area (Å²) in [5, 5.41) is 3.48. The van der Waals surface area contributed by atoms with E-state index in [2.05, 4.69) is 17.1 Å². The summed E-state index contributed by atoms with van der Waals surface area (Å²) >= 11 is 0. The van der Waals surface area contributed by atoms with E-state index in [4.69, 9.17) is 0 Å². The number of hydrogen-bond donors (Lipinski definition) is 1. The molecule has 1 heterocycles. The van der Waals surface area contributed by atoms with E-state index in [0.717, 1.165) is 31.0 Å². The molecule has 110 valence electrons. The molecular formula is C17H26N2O. The lowest BCUT2D eigenvalue weighted by molar-refractivity contribution is 0.112. The highest BCUT2D eigenvalue weighted by Gasteiger charge is 2.16. The average molecular weight is 274 g/mol. The normalized spacial score (nSPS) is 19.9. The fourth-order valence-corrected chi connectivity index (χ4v) is 2.84. The predicted molar refractivity (Wildman–Crippen MR) is 83.0 cm³/mol. The van der Waals surface area contributed by atoms with Crippen molar-refractivity contribution in [2.45, 2.75) is 45.2 Å². The van der Waals surface area contributed by atoms with Gasteiger partial charge in [0.15, 0.2) is 0 Å². The van der Waals surface area contributed by atoms with E-state index in [0.29, 0.717) is 0 Å². The van der Waals surface area contributed by atoms with E-state index in [9.17, 15) is 4.79 Å². The third-order valence-corrected chi connectivity index (χ3v) is 4.18. The number of nitrogens with one attached hydrogen (secondary N) is 1. The van der Waals surface area contributed by atoms with Crippen LogP contribution in [0.3, 0.4) is 0 Å². The molecule has 1 aliphatic rings. The van der Waals surface area contributed by atoms with E-state index in [1.54, 1.807) is 0 Å². The van der Waals surface area contributed by atoms with Crippen LogP contribution in [0.15, 0.2) is 24.3 Å². The van der Waals surface area contributed by atoms with E-state index < -0.39 is 0 Å². The van der Waals surface area contributed by atoms with Gasteiger partial charge in [-0.25, -0.2) is 0 Å². The maximum atomic E-state index is 10.6. The standard InChI is InChI=1S/C17H26N2O/c1-15-5-2-3-11-19(15)12-4-10-18-13-16-6-8-17(14-20)9-7-16/h6-9,14-15,18H,2-5,10-13H2,1H3/t15-/m0/s1. The van der Waals surface area contributed by atoms with Gasteiger partial charge in [0.25, 0.3) is 0 Å². The third kappa shape index (κ3) is 4.73. The smallest absolute Gasteiger partial charge is 0.150 e. The molecule has 1 aromatic rings. The molecule has 0 amide bonds. The Morgan fingerprint density at radius 1 is 1.30 bits per heavy atom. The highest BCUT2D eigenvalue weighted by molar-refractivity contribution is 5.74. The lowest BCUT2D eigenvalue weighted by Crippen LogP contribution is -2.38. The van der Waals surface area contributed by atoms with Crippen molar-refractivity contribution in [3.8, 4) is 0 Å². The Morgan fingerprint density at radius 3 is 2.80 bits per heavy atom. The number of aldehydes is 1. The number of likely N-dealkylation sites (tertiary alicyclic amines) is 1.